The fourth-order valence-electron chi connectivity index (χ4n) is 3.01. The van der Waals surface area contributed by atoms with Gasteiger partial charge < -0.3 is 9.30 Å². The minimum absolute atomic E-state index is 0.340. The number of nitriles is 1. The van der Waals surface area contributed by atoms with E-state index in [0.29, 0.717) is 35.8 Å². The number of ether oxygens (including phenoxy) is 1. The Hall–Kier alpha value is -3.72. The highest BCUT2D eigenvalue weighted by atomic mass is 19.1. The first-order valence-corrected chi connectivity index (χ1v) is 8.86. The van der Waals surface area contributed by atoms with Gasteiger partial charge in [-0.3, -0.25) is 4.98 Å². The van der Waals surface area contributed by atoms with Gasteiger partial charge in [-0.05, 0) is 43.3 Å². The Kier molecular flexibility index (Phi) is 4.73. The zero-order chi connectivity index (χ0) is 19.5. The summed E-state index contributed by atoms with van der Waals surface area (Å²) >= 11 is 0. The van der Waals surface area contributed by atoms with Crippen molar-refractivity contribution in [1.82, 2.24) is 14.5 Å². The number of benzene rings is 2. The summed E-state index contributed by atoms with van der Waals surface area (Å²) in [5.41, 5.74) is 3.61. The third-order valence-electron chi connectivity index (χ3n) is 4.44. The lowest BCUT2D eigenvalue weighted by atomic mass is 10.2. The molecule has 0 aliphatic heterocycles. The van der Waals surface area contributed by atoms with Gasteiger partial charge in [-0.15, -0.1) is 0 Å². The molecule has 0 spiro atoms. The molecule has 4 aromatic rings. The molecule has 0 saturated carbocycles. The van der Waals surface area contributed by atoms with Crippen LogP contribution in [0.5, 0.6) is 5.75 Å². The Bertz CT molecular complexity index is 1160. The molecule has 0 fully saturated rings. The summed E-state index contributed by atoms with van der Waals surface area (Å²) in [5, 5.41) is 8.97. The van der Waals surface area contributed by atoms with Crippen LogP contribution in [-0.2, 0) is 6.54 Å². The molecular weight excluding hydrogens is 355 g/mol. The van der Waals surface area contributed by atoms with E-state index >= 15 is 0 Å². The van der Waals surface area contributed by atoms with E-state index in [-0.39, 0.29) is 5.82 Å². The molecule has 0 aliphatic carbocycles. The molecule has 2 aromatic heterocycles. The number of pyridine rings is 1. The molecule has 0 aliphatic rings. The molecule has 0 atom stereocenters. The monoisotopic (exact) mass is 372 g/mol. The fraction of sp³-hybridized carbons (Fsp3) is 0.136. The summed E-state index contributed by atoms with van der Waals surface area (Å²) in [4.78, 5) is 8.89. The lowest BCUT2D eigenvalue weighted by molar-refractivity contribution is 0.300. The van der Waals surface area contributed by atoms with Gasteiger partial charge >= 0.3 is 0 Å². The number of hydrogen-bond donors (Lipinski definition) is 0. The Labute approximate surface area is 161 Å². The zero-order valence-corrected chi connectivity index (χ0v) is 15.3. The van der Waals surface area contributed by atoms with Gasteiger partial charge in [0.15, 0.2) is 5.82 Å². The van der Waals surface area contributed by atoms with Gasteiger partial charge in [0, 0.05) is 12.3 Å². The van der Waals surface area contributed by atoms with Crippen LogP contribution in [0.4, 0.5) is 4.39 Å². The minimum Gasteiger partial charge on any atom is -0.492 e. The van der Waals surface area contributed by atoms with Crippen molar-refractivity contribution in [3.63, 3.8) is 0 Å². The van der Waals surface area contributed by atoms with Crippen molar-refractivity contribution < 1.29 is 9.13 Å². The van der Waals surface area contributed by atoms with Crippen LogP contribution in [-0.4, -0.2) is 21.1 Å². The van der Waals surface area contributed by atoms with Gasteiger partial charge in [-0.1, -0.05) is 17.7 Å². The molecule has 138 valence electrons. The number of rotatable bonds is 5. The normalized spacial score (nSPS) is 10.8. The summed E-state index contributed by atoms with van der Waals surface area (Å²) in [6, 6.07) is 17.9. The van der Waals surface area contributed by atoms with Gasteiger partial charge in [0.1, 0.15) is 29.9 Å². The van der Waals surface area contributed by atoms with Gasteiger partial charge in [0.25, 0.3) is 0 Å². The minimum atomic E-state index is -0.340. The third-order valence-corrected chi connectivity index (χ3v) is 4.44. The number of aryl methyl sites for hydroxylation is 1. The van der Waals surface area contributed by atoms with E-state index in [1.54, 1.807) is 18.2 Å². The molecule has 4 rings (SSSR count). The number of imidazole rings is 1. The Balaban J connectivity index is 1.66. The Morgan fingerprint density at radius 2 is 1.93 bits per heavy atom. The smallest absolute Gasteiger partial charge is 0.159 e. The van der Waals surface area contributed by atoms with Crippen LogP contribution in [0.1, 0.15) is 11.1 Å². The summed E-state index contributed by atoms with van der Waals surface area (Å²) in [5.74, 6) is 1.06. The van der Waals surface area contributed by atoms with Gasteiger partial charge in [0.05, 0.1) is 23.1 Å². The molecular formula is C22H17FN4O. The van der Waals surface area contributed by atoms with Crippen LogP contribution in [0.15, 0.2) is 60.8 Å². The lowest BCUT2D eigenvalue weighted by Gasteiger charge is -2.11. The predicted molar refractivity (Wildman–Crippen MR) is 104 cm³/mol. The summed E-state index contributed by atoms with van der Waals surface area (Å²) in [7, 11) is 0. The summed E-state index contributed by atoms with van der Waals surface area (Å²) < 4.78 is 21.5. The summed E-state index contributed by atoms with van der Waals surface area (Å²) in [6.45, 7) is 2.97. The number of hydrogen-bond acceptors (Lipinski definition) is 4. The van der Waals surface area contributed by atoms with Crippen LogP contribution in [0, 0.1) is 24.1 Å². The first kappa shape index (κ1) is 17.7. The highest BCUT2D eigenvalue weighted by Gasteiger charge is 2.14. The van der Waals surface area contributed by atoms with Crippen molar-refractivity contribution in [1.29, 1.82) is 5.26 Å². The highest BCUT2D eigenvalue weighted by molar-refractivity contribution is 5.80. The van der Waals surface area contributed by atoms with Gasteiger partial charge in [-0.2, -0.15) is 5.26 Å². The van der Waals surface area contributed by atoms with E-state index in [9.17, 15) is 4.39 Å². The second kappa shape index (κ2) is 7.49. The number of aromatic nitrogens is 3. The quantitative estimate of drug-likeness (QED) is 0.518. The Morgan fingerprint density at radius 3 is 2.64 bits per heavy atom. The topological polar surface area (TPSA) is 63.7 Å². The van der Waals surface area contributed by atoms with Crippen LogP contribution in [0.25, 0.3) is 22.6 Å². The average molecular weight is 372 g/mol. The SMILES string of the molecule is Cc1ccc(OCCn2c(-c3ccc(C#N)cn3)nc3cc(F)ccc32)cc1. The van der Waals surface area contributed by atoms with Crippen molar-refractivity contribution in [3.8, 4) is 23.3 Å². The largest absolute Gasteiger partial charge is 0.492 e. The molecule has 0 saturated heterocycles. The molecule has 2 heterocycles. The third kappa shape index (κ3) is 3.55. The maximum Gasteiger partial charge on any atom is 0.159 e. The van der Waals surface area contributed by atoms with Crippen molar-refractivity contribution >= 4 is 11.0 Å². The van der Waals surface area contributed by atoms with E-state index in [4.69, 9.17) is 10.00 Å². The fourth-order valence-corrected chi connectivity index (χ4v) is 3.01. The molecule has 0 radical (unpaired) electrons. The molecule has 0 N–H and O–H groups in total. The van der Waals surface area contributed by atoms with Crippen molar-refractivity contribution in [3.05, 3.63) is 77.7 Å². The van der Waals surface area contributed by atoms with Crippen molar-refractivity contribution in [2.45, 2.75) is 13.5 Å². The van der Waals surface area contributed by atoms with E-state index in [1.807, 2.05) is 35.8 Å². The summed E-state index contributed by atoms with van der Waals surface area (Å²) in [6.07, 6.45) is 1.50. The van der Waals surface area contributed by atoms with Crippen LogP contribution in [0.2, 0.25) is 0 Å². The molecule has 6 heteroatoms. The standard InChI is InChI=1S/C22H17FN4O/c1-15-2-6-18(7-3-15)28-11-10-27-21-9-5-17(23)12-20(21)26-22(27)19-8-4-16(13-24)14-25-19/h2-9,12,14H,10-11H2,1H3. The van der Waals surface area contributed by atoms with Crippen LogP contribution in [0.3, 0.4) is 0 Å². The first-order chi connectivity index (χ1) is 13.6. The second-order valence-corrected chi connectivity index (χ2v) is 6.43. The predicted octanol–water partition coefficient (Wildman–Crippen LogP) is 4.50. The van der Waals surface area contributed by atoms with E-state index in [2.05, 4.69) is 16.0 Å². The number of fused-ring (bicyclic) bond motifs is 1. The van der Waals surface area contributed by atoms with Crippen LogP contribution < -0.4 is 4.74 Å². The maximum atomic E-state index is 13.7. The molecule has 0 amide bonds. The number of nitrogens with zero attached hydrogens (tertiary/aromatic N) is 4. The lowest BCUT2D eigenvalue weighted by Crippen LogP contribution is -2.10. The molecule has 0 bridgehead atoms. The molecule has 0 unspecified atom stereocenters. The first-order valence-electron chi connectivity index (χ1n) is 8.86. The average Bonchev–Trinajstić information content (AvgIpc) is 3.07. The van der Waals surface area contributed by atoms with Crippen LogP contribution >= 0.6 is 0 Å². The van der Waals surface area contributed by atoms with Gasteiger partial charge in [0.2, 0.25) is 0 Å². The maximum absolute atomic E-state index is 13.7. The van der Waals surface area contributed by atoms with E-state index < -0.39 is 0 Å². The Morgan fingerprint density at radius 1 is 1.11 bits per heavy atom. The van der Waals surface area contributed by atoms with E-state index in [0.717, 1.165) is 11.3 Å². The van der Waals surface area contributed by atoms with Crippen molar-refractivity contribution in [2.75, 3.05) is 6.61 Å². The van der Waals surface area contributed by atoms with Gasteiger partial charge in [-0.25, -0.2) is 9.37 Å². The molecule has 2 aromatic carbocycles. The molecule has 5 nitrogen and oxygen atoms in total. The molecule has 28 heavy (non-hydrogen) atoms. The zero-order valence-electron chi connectivity index (χ0n) is 15.3. The second-order valence-electron chi connectivity index (χ2n) is 6.43. The number of halogens is 1. The van der Waals surface area contributed by atoms with Crippen molar-refractivity contribution in [2.24, 2.45) is 0 Å². The van der Waals surface area contributed by atoms with E-state index in [1.165, 1.54) is 23.9 Å². The highest BCUT2D eigenvalue weighted by Crippen LogP contribution is 2.24.